The van der Waals surface area contributed by atoms with E-state index in [0.717, 1.165) is 11.3 Å². The van der Waals surface area contributed by atoms with E-state index >= 15 is 0 Å². The molecule has 0 aliphatic rings. The summed E-state index contributed by atoms with van der Waals surface area (Å²) in [4.78, 5) is 0. The lowest BCUT2D eigenvalue weighted by Crippen LogP contribution is -2.15. The second kappa shape index (κ2) is 3.72. The predicted octanol–water partition coefficient (Wildman–Crippen LogP) is -0.345. The van der Waals surface area contributed by atoms with Crippen molar-refractivity contribution in [2.45, 2.75) is 4.34 Å². The second-order valence-electron chi connectivity index (χ2n) is 2.85. The minimum atomic E-state index is -3.73. The van der Waals surface area contributed by atoms with Gasteiger partial charge in [0.15, 0.2) is 0 Å². The van der Waals surface area contributed by atoms with Crippen LogP contribution in [0.3, 0.4) is 0 Å². The summed E-state index contributed by atoms with van der Waals surface area (Å²) in [6.45, 7) is 0. The van der Waals surface area contributed by atoms with Crippen molar-refractivity contribution >= 4 is 32.3 Å². The molecule has 0 aliphatic carbocycles. The largest absolute Gasteiger partial charge is 0.374 e. The molecule has 0 aromatic carbocycles. The topological polar surface area (TPSA) is 116 Å². The molecule has 2 heterocycles. The Hall–Kier alpha value is -1.68. The van der Waals surface area contributed by atoms with Gasteiger partial charge in [0.1, 0.15) is 5.82 Å². The van der Waals surface area contributed by atoms with E-state index in [1.54, 1.807) is 7.05 Å². The van der Waals surface area contributed by atoms with Gasteiger partial charge in [-0.05, 0) is 0 Å². The zero-order valence-corrected chi connectivity index (χ0v) is 9.79. The van der Waals surface area contributed by atoms with E-state index in [4.69, 9.17) is 5.73 Å². The fourth-order valence-electron chi connectivity index (χ4n) is 0.984. The second-order valence-corrected chi connectivity index (χ2v) is 5.72. The van der Waals surface area contributed by atoms with E-state index in [1.807, 2.05) is 0 Å². The average Bonchev–Trinajstić information content (AvgIpc) is 2.77. The van der Waals surface area contributed by atoms with E-state index in [9.17, 15) is 8.42 Å². The van der Waals surface area contributed by atoms with Crippen molar-refractivity contribution in [2.75, 3.05) is 10.5 Å². The van der Waals surface area contributed by atoms with Crippen molar-refractivity contribution in [3.8, 4) is 0 Å². The van der Waals surface area contributed by atoms with Gasteiger partial charge in [0.05, 0.1) is 6.20 Å². The molecular weight excluding hydrogens is 252 g/mol. The predicted molar refractivity (Wildman–Crippen MR) is 58.3 cm³/mol. The van der Waals surface area contributed by atoms with Crippen LogP contribution in [0.2, 0.25) is 0 Å². The number of hydrogen-bond acceptors (Lipinski definition) is 7. The van der Waals surface area contributed by atoms with Crippen LogP contribution in [-0.4, -0.2) is 28.4 Å². The number of rotatable bonds is 3. The summed E-state index contributed by atoms with van der Waals surface area (Å²) in [5, 5.41) is 10.8. The number of anilines is 2. The minimum absolute atomic E-state index is 0.102. The molecule has 0 fully saturated rings. The van der Waals surface area contributed by atoms with Crippen molar-refractivity contribution in [3.63, 3.8) is 0 Å². The van der Waals surface area contributed by atoms with Crippen LogP contribution in [0.5, 0.6) is 0 Å². The third-order valence-electron chi connectivity index (χ3n) is 1.71. The van der Waals surface area contributed by atoms with Crippen LogP contribution in [0.4, 0.5) is 10.9 Å². The highest BCUT2D eigenvalue weighted by Crippen LogP contribution is 2.19. The fourth-order valence-corrected chi connectivity index (χ4v) is 2.86. The van der Waals surface area contributed by atoms with E-state index in [2.05, 4.69) is 20.0 Å². The Balaban J connectivity index is 2.31. The number of nitrogen functional groups attached to an aromatic ring is 1. The highest BCUT2D eigenvalue weighted by molar-refractivity contribution is 7.94. The Labute approximate surface area is 95.2 Å². The molecule has 0 saturated carbocycles. The molecule has 8 nitrogen and oxygen atoms in total. The number of hydrogen-bond donors (Lipinski definition) is 2. The van der Waals surface area contributed by atoms with Gasteiger partial charge in [-0.25, -0.2) is 0 Å². The van der Waals surface area contributed by atoms with Gasteiger partial charge < -0.3 is 5.73 Å². The lowest BCUT2D eigenvalue weighted by atomic mass is 10.7. The molecule has 0 saturated heterocycles. The summed E-state index contributed by atoms with van der Waals surface area (Å²) in [6, 6.07) is 1.53. The van der Waals surface area contributed by atoms with Crippen LogP contribution < -0.4 is 10.5 Å². The highest BCUT2D eigenvalue weighted by atomic mass is 32.2. The maximum Gasteiger partial charge on any atom is 0.292 e. The Bertz CT molecular complexity index is 600. The van der Waals surface area contributed by atoms with Gasteiger partial charge in [-0.3, -0.25) is 9.40 Å². The standard InChI is InChI=1S/C6H8N6O2S2/c1-12-4(2-3-8-12)11-16(13,14)6-10-9-5(7)15-6/h2-3,11H,1H3,(H2,7,9). The number of aryl methyl sites for hydroxylation is 1. The SMILES string of the molecule is Cn1nccc1NS(=O)(=O)c1nnc(N)s1. The van der Waals surface area contributed by atoms with Gasteiger partial charge in [0.2, 0.25) is 5.13 Å². The van der Waals surface area contributed by atoms with E-state index < -0.39 is 10.0 Å². The van der Waals surface area contributed by atoms with Crippen LogP contribution >= 0.6 is 11.3 Å². The molecule has 10 heteroatoms. The van der Waals surface area contributed by atoms with Gasteiger partial charge in [-0.2, -0.15) is 13.5 Å². The molecule has 2 aromatic heterocycles. The highest BCUT2D eigenvalue weighted by Gasteiger charge is 2.20. The number of nitrogens with zero attached hydrogens (tertiary/aromatic N) is 4. The van der Waals surface area contributed by atoms with Gasteiger partial charge >= 0.3 is 0 Å². The van der Waals surface area contributed by atoms with Gasteiger partial charge in [-0.1, -0.05) is 11.3 Å². The first-order chi connectivity index (χ1) is 7.49. The lowest BCUT2D eigenvalue weighted by molar-refractivity contribution is 0.598. The fraction of sp³-hybridized carbons (Fsp3) is 0.167. The summed E-state index contributed by atoms with van der Waals surface area (Å²) in [7, 11) is -2.11. The average molecular weight is 260 g/mol. The molecular formula is C6H8N6O2S2. The number of nitrogens with one attached hydrogen (secondary N) is 1. The minimum Gasteiger partial charge on any atom is -0.374 e. The number of sulfonamides is 1. The van der Waals surface area contributed by atoms with Crippen LogP contribution in [0.1, 0.15) is 0 Å². The summed E-state index contributed by atoms with van der Waals surface area (Å²) < 4.78 is 27.1. The molecule has 16 heavy (non-hydrogen) atoms. The maximum atomic E-state index is 11.8. The van der Waals surface area contributed by atoms with Crippen molar-refractivity contribution in [1.29, 1.82) is 0 Å². The maximum absolute atomic E-state index is 11.8. The Morgan fingerprint density at radius 3 is 2.75 bits per heavy atom. The molecule has 0 unspecified atom stereocenters. The molecule has 0 atom stereocenters. The molecule has 0 spiro atoms. The summed E-state index contributed by atoms with van der Waals surface area (Å²) in [5.41, 5.74) is 5.31. The first-order valence-corrected chi connectivity index (χ1v) is 6.39. The molecule has 3 N–H and O–H groups in total. The van der Waals surface area contributed by atoms with Crippen LogP contribution in [-0.2, 0) is 17.1 Å². The molecule has 86 valence electrons. The summed E-state index contributed by atoms with van der Waals surface area (Å²) in [6.07, 6.45) is 1.48. The lowest BCUT2D eigenvalue weighted by Gasteiger charge is -2.03. The molecule has 0 amide bonds. The number of aromatic nitrogens is 4. The van der Waals surface area contributed by atoms with E-state index in [-0.39, 0.29) is 9.47 Å². The quantitative estimate of drug-likeness (QED) is 0.779. The first kappa shape index (κ1) is 10.8. The zero-order valence-electron chi connectivity index (χ0n) is 8.15. The summed E-state index contributed by atoms with van der Waals surface area (Å²) >= 11 is 0.798. The summed E-state index contributed by atoms with van der Waals surface area (Å²) in [5.74, 6) is 0.341. The van der Waals surface area contributed by atoms with Gasteiger partial charge in [0.25, 0.3) is 14.4 Å². The third kappa shape index (κ3) is 1.97. The van der Waals surface area contributed by atoms with Crippen molar-refractivity contribution in [1.82, 2.24) is 20.0 Å². The molecule has 2 rings (SSSR count). The molecule has 0 bridgehead atoms. The Morgan fingerprint density at radius 2 is 2.25 bits per heavy atom. The molecule has 0 aliphatic heterocycles. The smallest absolute Gasteiger partial charge is 0.292 e. The normalized spacial score (nSPS) is 11.6. The van der Waals surface area contributed by atoms with Crippen LogP contribution in [0.25, 0.3) is 0 Å². The Morgan fingerprint density at radius 1 is 1.50 bits per heavy atom. The number of nitrogens with two attached hydrogens (primary N) is 1. The van der Waals surface area contributed by atoms with Gasteiger partial charge in [-0.15, -0.1) is 10.2 Å². The van der Waals surface area contributed by atoms with E-state index in [1.165, 1.54) is 16.9 Å². The molecule has 0 radical (unpaired) electrons. The van der Waals surface area contributed by atoms with Crippen LogP contribution in [0, 0.1) is 0 Å². The van der Waals surface area contributed by atoms with Crippen LogP contribution in [0.15, 0.2) is 16.6 Å². The van der Waals surface area contributed by atoms with Gasteiger partial charge in [0, 0.05) is 13.1 Å². The van der Waals surface area contributed by atoms with Crippen molar-refractivity contribution < 1.29 is 8.42 Å². The van der Waals surface area contributed by atoms with Crippen molar-refractivity contribution in [2.24, 2.45) is 7.05 Å². The monoisotopic (exact) mass is 260 g/mol. The third-order valence-corrected chi connectivity index (χ3v) is 4.19. The van der Waals surface area contributed by atoms with Crippen molar-refractivity contribution in [3.05, 3.63) is 12.3 Å². The van der Waals surface area contributed by atoms with E-state index in [0.29, 0.717) is 5.82 Å². The molecule has 2 aromatic rings. The Kier molecular flexibility index (Phi) is 2.52. The zero-order chi connectivity index (χ0) is 11.8. The first-order valence-electron chi connectivity index (χ1n) is 4.09.